The molecule has 5 heteroatoms. The van der Waals surface area contributed by atoms with E-state index < -0.39 is 11.9 Å². The summed E-state index contributed by atoms with van der Waals surface area (Å²) in [6, 6.07) is 15.6. The monoisotopic (exact) mass is 349 g/mol. The van der Waals surface area contributed by atoms with E-state index in [9.17, 15) is 9.59 Å². The molecule has 1 aliphatic carbocycles. The molecule has 0 saturated heterocycles. The fourth-order valence-corrected chi connectivity index (χ4v) is 3.80. The van der Waals surface area contributed by atoms with Gasteiger partial charge in [0.05, 0.1) is 19.9 Å². The lowest BCUT2D eigenvalue weighted by Gasteiger charge is -2.27. The zero-order chi connectivity index (χ0) is 18.3. The molecule has 0 saturated carbocycles. The highest BCUT2D eigenvalue weighted by atomic mass is 16.5. The van der Waals surface area contributed by atoms with Crippen LogP contribution in [0.5, 0.6) is 5.75 Å². The number of hydrogen-bond donors (Lipinski definition) is 0. The largest absolute Gasteiger partial charge is 0.497 e. The summed E-state index contributed by atoms with van der Waals surface area (Å²) < 4.78 is 12.0. The maximum atomic E-state index is 13.0. The van der Waals surface area contributed by atoms with Gasteiger partial charge in [-0.2, -0.15) is 0 Å². The third-order valence-corrected chi connectivity index (χ3v) is 5.11. The minimum absolute atomic E-state index is 0.0578. The van der Waals surface area contributed by atoms with Crippen molar-refractivity contribution in [1.82, 2.24) is 4.40 Å². The number of esters is 1. The number of carbonyl (C=O) groups is 2. The summed E-state index contributed by atoms with van der Waals surface area (Å²) in [6.45, 7) is 0. The minimum atomic E-state index is -0.794. The molecule has 0 radical (unpaired) electrons. The van der Waals surface area contributed by atoms with Gasteiger partial charge in [-0.05, 0) is 47.9 Å². The lowest BCUT2D eigenvalue weighted by Crippen LogP contribution is -2.33. The van der Waals surface area contributed by atoms with Gasteiger partial charge in [-0.1, -0.05) is 18.2 Å². The number of methoxy groups -OCH3 is 2. The number of Topliss-reactive ketones (excluding diaryl/α,β-unsaturated/α-hetero) is 1. The van der Waals surface area contributed by atoms with Crippen LogP contribution >= 0.6 is 0 Å². The van der Waals surface area contributed by atoms with Crippen LogP contribution < -0.4 is 4.74 Å². The van der Waals surface area contributed by atoms with E-state index in [1.54, 1.807) is 7.11 Å². The molecule has 1 aromatic carbocycles. The summed E-state index contributed by atoms with van der Waals surface area (Å²) >= 11 is 0. The van der Waals surface area contributed by atoms with Crippen molar-refractivity contribution < 1.29 is 19.1 Å². The molecule has 1 aliphatic rings. The molecule has 4 rings (SSSR count). The maximum absolute atomic E-state index is 13.0. The Morgan fingerprint density at radius 3 is 2.58 bits per heavy atom. The van der Waals surface area contributed by atoms with Crippen molar-refractivity contribution in [2.24, 2.45) is 5.92 Å². The molecule has 0 amide bonds. The van der Waals surface area contributed by atoms with Crippen molar-refractivity contribution in [3.05, 3.63) is 71.5 Å². The van der Waals surface area contributed by atoms with Gasteiger partial charge >= 0.3 is 5.97 Å². The fourth-order valence-electron chi connectivity index (χ4n) is 3.80. The maximum Gasteiger partial charge on any atom is 0.316 e. The summed E-state index contributed by atoms with van der Waals surface area (Å²) in [4.78, 5) is 25.3. The summed E-state index contributed by atoms with van der Waals surface area (Å²) in [5, 5.41) is 0. The average Bonchev–Trinajstić information content (AvgIpc) is 3.08. The predicted octanol–water partition coefficient (Wildman–Crippen LogP) is 3.46. The lowest BCUT2D eigenvalue weighted by atomic mass is 9.76. The van der Waals surface area contributed by atoms with Crippen LogP contribution in [0, 0.1) is 5.92 Å². The van der Waals surface area contributed by atoms with Crippen molar-refractivity contribution in [3.63, 3.8) is 0 Å². The van der Waals surface area contributed by atoms with Gasteiger partial charge in [0.15, 0.2) is 5.78 Å². The number of pyridine rings is 1. The zero-order valence-corrected chi connectivity index (χ0v) is 14.6. The Morgan fingerprint density at radius 1 is 1.12 bits per heavy atom. The minimum Gasteiger partial charge on any atom is -0.497 e. The smallest absolute Gasteiger partial charge is 0.316 e. The average molecular weight is 349 g/mol. The van der Waals surface area contributed by atoms with Crippen molar-refractivity contribution in [2.45, 2.75) is 12.3 Å². The van der Waals surface area contributed by atoms with E-state index in [4.69, 9.17) is 9.47 Å². The Kier molecular flexibility index (Phi) is 3.99. The van der Waals surface area contributed by atoms with E-state index in [0.717, 1.165) is 22.4 Å². The highest BCUT2D eigenvalue weighted by Gasteiger charge is 2.41. The Labute approximate surface area is 151 Å². The Morgan fingerprint density at radius 2 is 1.88 bits per heavy atom. The zero-order valence-electron chi connectivity index (χ0n) is 14.6. The molecule has 0 fully saturated rings. The van der Waals surface area contributed by atoms with E-state index >= 15 is 0 Å². The number of nitrogens with zero attached hydrogens (tertiary/aromatic N) is 1. The molecular weight excluding hydrogens is 330 g/mol. The number of fused-ring (bicyclic) bond motifs is 3. The number of ketones is 1. The first kappa shape index (κ1) is 16.4. The quantitative estimate of drug-likeness (QED) is 0.537. The highest BCUT2D eigenvalue weighted by Crippen LogP contribution is 2.41. The number of ether oxygens (including phenoxy) is 2. The summed E-state index contributed by atoms with van der Waals surface area (Å²) in [5.41, 5.74) is 3.51. The van der Waals surface area contributed by atoms with Crippen molar-refractivity contribution in [3.8, 4) is 5.75 Å². The highest BCUT2D eigenvalue weighted by molar-refractivity contribution is 6.10. The van der Waals surface area contributed by atoms with Crippen LogP contribution in [0.4, 0.5) is 0 Å². The molecular formula is C21H19NO4. The standard InChI is InChI=1S/C21H19NO4/c1-25-15-8-6-13(7-9-15)16-12-18(21(24)26-2)20(23)19-17(16)11-14-5-3-4-10-22(14)19/h3-11,16,18H,12H2,1-2H3/t16-,18-/m1/s1. The van der Waals surface area contributed by atoms with Crippen LogP contribution in [0.3, 0.4) is 0 Å². The van der Waals surface area contributed by atoms with Crippen molar-refractivity contribution in [2.75, 3.05) is 14.2 Å². The molecule has 2 heterocycles. The Balaban J connectivity index is 1.89. The number of hydrogen-bond acceptors (Lipinski definition) is 4. The predicted molar refractivity (Wildman–Crippen MR) is 96.7 cm³/mol. The second-order valence-electron chi connectivity index (χ2n) is 6.45. The molecule has 5 nitrogen and oxygen atoms in total. The number of benzene rings is 1. The van der Waals surface area contributed by atoms with Crippen LogP contribution in [0.1, 0.15) is 34.0 Å². The molecule has 0 aliphatic heterocycles. The molecule has 2 aromatic heterocycles. The normalized spacial score (nSPS) is 19.2. The van der Waals surface area contributed by atoms with Gasteiger partial charge in [0, 0.05) is 17.6 Å². The van der Waals surface area contributed by atoms with Crippen LogP contribution in [-0.2, 0) is 9.53 Å². The molecule has 0 unspecified atom stereocenters. The second-order valence-corrected chi connectivity index (χ2v) is 6.45. The first-order chi connectivity index (χ1) is 12.6. The number of rotatable bonds is 3. The third-order valence-electron chi connectivity index (χ3n) is 5.11. The Hall–Kier alpha value is -3.08. The Bertz CT molecular complexity index is 987. The molecule has 2 atom stereocenters. The van der Waals surface area contributed by atoms with E-state index in [-0.39, 0.29) is 11.7 Å². The number of aromatic nitrogens is 1. The molecule has 0 bridgehead atoms. The van der Waals surface area contributed by atoms with E-state index in [2.05, 4.69) is 0 Å². The number of carbonyl (C=O) groups excluding carboxylic acids is 2. The SMILES string of the molecule is COC(=O)[C@@H]1C[C@H](c2ccc(OC)cc2)c2cc3ccccn3c2C1=O. The van der Waals surface area contributed by atoms with Gasteiger partial charge in [0.2, 0.25) is 0 Å². The van der Waals surface area contributed by atoms with Crippen molar-refractivity contribution in [1.29, 1.82) is 0 Å². The first-order valence-electron chi connectivity index (χ1n) is 8.50. The van der Waals surface area contributed by atoms with Gasteiger partial charge in [0.1, 0.15) is 11.7 Å². The first-order valence-corrected chi connectivity index (χ1v) is 8.50. The van der Waals surface area contributed by atoms with Gasteiger partial charge in [-0.3, -0.25) is 9.59 Å². The van der Waals surface area contributed by atoms with Crippen LogP contribution in [-0.4, -0.2) is 30.4 Å². The second kappa shape index (κ2) is 6.33. The van der Waals surface area contributed by atoms with Crippen LogP contribution in [0.15, 0.2) is 54.7 Å². The summed E-state index contributed by atoms with van der Waals surface area (Å²) in [7, 11) is 2.95. The van der Waals surface area contributed by atoms with E-state index in [0.29, 0.717) is 12.1 Å². The molecule has 132 valence electrons. The van der Waals surface area contributed by atoms with Gasteiger partial charge in [-0.25, -0.2) is 0 Å². The van der Waals surface area contributed by atoms with Crippen LogP contribution in [0.2, 0.25) is 0 Å². The summed E-state index contributed by atoms with van der Waals surface area (Å²) in [6.07, 6.45) is 2.26. The van der Waals surface area contributed by atoms with E-state index in [1.807, 2.05) is 59.1 Å². The molecule has 3 aromatic rings. The lowest BCUT2D eigenvalue weighted by molar-refractivity contribution is -0.144. The third kappa shape index (κ3) is 2.47. The van der Waals surface area contributed by atoms with Crippen molar-refractivity contribution >= 4 is 17.3 Å². The summed E-state index contributed by atoms with van der Waals surface area (Å²) in [5.74, 6) is -0.740. The topological polar surface area (TPSA) is 57.0 Å². The van der Waals surface area contributed by atoms with E-state index in [1.165, 1.54) is 7.11 Å². The molecule has 0 N–H and O–H groups in total. The molecule has 26 heavy (non-hydrogen) atoms. The molecule has 0 spiro atoms. The fraction of sp³-hybridized carbons (Fsp3) is 0.238. The van der Waals surface area contributed by atoms with Crippen LogP contribution in [0.25, 0.3) is 5.52 Å². The van der Waals surface area contributed by atoms with Gasteiger partial charge in [0.25, 0.3) is 0 Å². The van der Waals surface area contributed by atoms with Gasteiger partial charge < -0.3 is 13.9 Å². The van der Waals surface area contributed by atoms with Gasteiger partial charge in [-0.15, -0.1) is 0 Å².